The van der Waals surface area contributed by atoms with Crippen LogP contribution < -0.4 is 4.73 Å². The summed E-state index contributed by atoms with van der Waals surface area (Å²) < 4.78 is 0.734. The van der Waals surface area contributed by atoms with Gasteiger partial charge in [0.15, 0.2) is 5.15 Å². The molecule has 0 fully saturated rings. The SMILES string of the molecule is Cc1c(Cl)nc(-c2ccccc2)c[n+]1[O-]. The molecular weight excluding hydrogens is 212 g/mol. The van der Waals surface area contributed by atoms with E-state index in [0.717, 1.165) is 10.3 Å². The summed E-state index contributed by atoms with van der Waals surface area (Å²) in [5.41, 5.74) is 1.88. The average molecular weight is 221 g/mol. The van der Waals surface area contributed by atoms with E-state index in [4.69, 9.17) is 11.6 Å². The fourth-order valence-electron chi connectivity index (χ4n) is 1.26. The van der Waals surface area contributed by atoms with E-state index in [0.29, 0.717) is 11.4 Å². The molecule has 76 valence electrons. The van der Waals surface area contributed by atoms with Crippen molar-refractivity contribution < 1.29 is 4.73 Å². The molecule has 0 unspecified atom stereocenters. The highest BCUT2D eigenvalue weighted by Crippen LogP contribution is 2.17. The molecule has 1 aromatic heterocycles. The van der Waals surface area contributed by atoms with Crippen LogP contribution in [0.25, 0.3) is 11.3 Å². The first-order valence-corrected chi connectivity index (χ1v) is 4.88. The summed E-state index contributed by atoms with van der Waals surface area (Å²) in [5.74, 6) is 0. The molecule has 0 spiro atoms. The molecule has 2 aromatic rings. The molecule has 1 heterocycles. The average Bonchev–Trinajstić information content (AvgIpc) is 2.26. The monoisotopic (exact) mass is 220 g/mol. The van der Waals surface area contributed by atoms with Crippen molar-refractivity contribution in [2.75, 3.05) is 0 Å². The van der Waals surface area contributed by atoms with Gasteiger partial charge in [-0.15, -0.1) is 0 Å². The van der Waals surface area contributed by atoms with E-state index in [9.17, 15) is 5.21 Å². The lowest BCUT2D eigenvalue weighted by atomic mass is 10.2. The van der Waals surface area contributed by atoms with Crippen molar-refractivity contribution in [3.8, 4) is 11.3 Å². The van der Waals surface area contributed by atoms with E-state index in [2.05, 4.69) is 4.98 Å². The Hall–Kier alpha value is -1.61. The molecule has 0 aliphatic heterocycles. The predicted molar refractivity (Wildman–Crippen MR) is 58.4 cm³/mol. The molecule has 0 saturated carbocycles. The lowest BCUT2D eigenvalue weighted by Gasteiger charge is -2.04. The molecular formula is C11H9ClN2O. The number of aromatic nitrogens is 2. The molecule has 4 heteroatoms. The zero-order chi connectivity index (χ0) is 10.8. The van der Waals surface area contributed by atoms with E-state index in [1.54, 1.807) is 6.92 Å². The van der Waals surface area contributed by atoms with Gasteiger partial charge in [0, 0.05) is 12.5 Å². The minimum atomic E-state index is 0.242. The van der Waals surface area contributed by atoms with Crippen LogP contribution in [0.4, 0.5) is 0 Å². The highest BCUT2D eigenvalue weighted by atomic mass is 35.5. The maximum atomic E-state index is 11.4. The van der Waals surface area contributed by atoms with Crippen LogP contribution in [0.1, 0.15) is 5.69 Å². The lowest BCUT2D eigenvalue weighted by Crippen LogP contribution is -2.30. The summed E-state index contributed by atoms with van der Waals surface area (Å²) in [6.45, 7) is 1.64. The van der Waals surface area contributed by atoms with Crippen LogP contribution in [-0.2, 0) is 0 Å². The summed E-state index contributed by atoms with van der Waals surface area (Å²) in [6, 6.07) is 9.45. The van der Waals surface area contributed by atoms with Crippen molar-refractivity contribution in [3.63, 3.8) is 0 Å². The molecule has 2 rings (SSSR count). The summed E-state index contributed by atoms with van der Waals surface area (Å²) in [5, 5.41) is 11.7. The molecule has 0 radical (unpaired) electrons. The fourth-order valence-corrected chi connectivity index (χ4v) is 1.44. The van der Waals surface area contributed by atoms with Crippen molar-refractivity contribution in [2.24, 2.45) is 0 Å². The highest BCUT2D eigenvalue weighted by Gasteiger charge is 2.11. The zero-order valence-electron chi connectivity index (χ0n) is 8.14. The van der Waals surface area contributed by atoms with E-state index >= 15 is 0 Å². The van der Waals surface area contributed by atoms with E-state index in [-0.39, 0.29) is 5.15 Å². The largest absolute Gasteiger partial charge is 0.618 e. The van der Waals surface area contributed by atoms with Crippen molar-refractivity contribution in [3.05, 3.63) is 52.6 Å². The predicted octanol–water partition coefficient (Wildman–Crippen LogP) is 2.34. The van der Waals surface area contributed by atoms with Crippen molar-refractivity contribution >= 4 is 11.6 Å². The van der Waals surface area contributed by atoms with Crippen LogP contribution in [-0.4, -0.2) is 4.98 Å². The van der Waals surface area contributed by atoms with Crippen LogP contribution in [0.3, 0.4) is 0 Å². The standard InChI is InChI=1S/C11H9ClN2O/c1-8-11(12)13-10(7-14(8)15)9-5-3-2-4-6-9/h2-7H,1H3. The quantitative estimate of drug-likeness (QED) is 0.547. The Morgan fingerprint density at radius 3 is 2.53 bits per heavy atom. The Morgan fingerprint density at radius 2 is 1.93 bits per heavy atom. The van der Waals surface area contributed by atoms with Crippen LogP contribution in [0.15, 0.2) is 36.5 Å². The molecule has 15 heavy (non-hydrogen) atoms. The number of hydrogen-bond donors (Lipinski definition) is 0. The van der Waals surface area contributed by atoms with Crippen LogP contribution in [0.2, 0.25) is 5.15 Å². The normalized spacial score (nSPS) is 10.3. The van der Waals surface area contributed by atoms with Crippen LogP contribution in [0.5, 0.6) is 0 Å². The van der Waals surface area contributed by atoms with Crippen molar-refractivity contribution in [1.82, 2.24) is 4.98 Å². The van der Waals surface area contributed by atoms with Gasteiger partial charge in [-0.3, -0.25) is 0 Å². The number of rotatable bonds is 1. The maximum absolute atomic E-state index is 11.4. The first-order valence-electron chi connectivity index (χ1n) is 4.50. The Bertz CT molecular complexity index is 462. The topological polar surface area (TPSA) is 39.8 Å². The third-order valence-corrected chi connectivity index (χ3v) is 2.51. The summed E-state index contributed by atoms with van der Waals surface area (Å²) in [7, 11) is 0. The minimum Gasteiger partial charge on any atom is -0.618 e. The third-order valence-electron chi connectivity index (χ3n) is 2.16. The molecule has 1 aromatic carbocycles. The van der Waals surface area contributed by atoms with Gasteiger partial charge in [-0.05, 0) is 0 Å². The fraction of sp³-hybridized carbons (Fsp3) is 0.0909. The number of halogens is 1. The van der Waals surface area contributed by atoms with E-state index in [1.807, 2.05) is 30.3 Å². The molecule has 0 atom stereocenters. The van der Waals surface area contributed by atoms with Gasteiger partial charge < -0.3 is 5.21 Å². The summed E-state index contributed by atoms with van der Waals surface area (Å²) in [4.78, 5) is 4.15. The van der Waals surface area contributed by atoms with Crippen molar-refractivity contribution in [1.29, 1.82) is 0 Å². The Labute approximate surface area is 92.6 Å². The minimum absolute atomic E-state index is 0.242. The van der Waals surface area contributed by atoms with Gasteiger partial charge in [0.05, 0.1) is 0 Å². The van der Waals surface area contributed by atoms with Crippen LogP contribution >= 0.6 is 11.6 Å². The van der Waals surface area contributed by atoms with Gasteiger partial charge in [-0.25, -0.2) is 4.98 Å². The summed E-state index contributed by atoms with van der Waals surface area (Å²) in [6.07, 6.45) is 1.43. The number of nitrogens with zero attached hydrogens (tertiary/aromatic N) is 2. The second-order valence-corrected chi connectivity index (χ2v) is 3.55. The van der Waals surface area contributed by atoms with Gasteiger partial charge in [0.2, 0.25) is 11.9 Å². The number of benzene rings is 1. The smallest absolute Gasteiger partial charge is 0.227 e. The highest BCUT2D eigenvalue weighted by molar-refractivity contribution is 6.29. The van der Waals surface area contributed by atoms with Gasteiger partial charge in [-0.2, -0.15) is 4.73 Å². The lowest BCUT2D eigenvalue weighted by molar-refractivity contribution is -0.612. The molecule has 3 nitrogen and oxygen atoms in total. The Kier molecular flexibility index (Phi) is 2.56. The van der Waals surface area contributed by atoms with Gasteiger partial charge >= 0.3 is 0 Å². The van der Waals surface area contributed by atoms with Gasteiger partial charge in [0.1, 0.15) is 5.69 Å². The molecule has 0 aliphatic carbocycles. The zero-order valence-corrected chi connectivity index (χ0v) is 8.90. The van der Waals surface area contributed by atoms with Gasteiger partial charge in [-0.1, -0.05) is 41.9 Å². The third kappa shape index (κ3) is 1.92. The molecule has 0 saturated heterocycles. The van der Waals surface area contributed by atoms with Crippen LogP contribution in [0, 0.1) is 12.1 Å². The molecule has 0 aliphatic rings. The summed E-state index contributed by atoms with van der Waals surface area (Å²) >= 11 is 5.84. The first-order chi connectivity index (χ1) is 7.18. The molecule has 0 N–H and O–H groups in total. The number of hydrogen-bond acceptors (Lipinski definition) is 2. The second-order valence-electron chi connectivity index (χ2n) is 3.19. The van der Waals surface area contributed by atoms with E-state index in [1.165, 1.54) is 6.20 Å². The Balaban J connectivity index is 2.56. The molecule has 0 amide bonds. The second kappa shape index (κ2) is 3.87. The first kappa shape index (κ1) is 9.93. The molecule has 0 bridgehead atoms. The maximum Gasteiger partial charge on any atom is 0.227 e. The van der Waals surface area contributed by atoms with E-state index < -0.39 is 0 Å². The van der Waals surface area contributed by atoms with Crippen molar-refractivity contribution in [2.45, 2.75) is 6.92 Å². The van der Waals surface area contributed by atoms with Gasteiger partial charge in [0.25, 0.3) is 0 Å². The Morgan fingerprint density at radius 1 is 1.27 bits per heavy atom.